The number of nitrogens with zero attached hydrogens (tertiary/aromatic N) is 1. The van der Waals surface area contributed by atoms with Crippen LogP contribution in [0.5, 0.6) is 5.75 Å². The third-order valence-corrected chi connectivity index (χ3v) is 4.57. The molecule has 0 saturated heterocycles. The molecule has 6 heteroatoms. The summed E-state index contributed by atoms with van der Waals surface area (Å²) < 4.78 is 5.79. The van der Waals surface area contributed by atoms with Gasteiger partial charge in [0.05, 0.1) is 13.2 Å². The summed E-state index contributed by atoms with van der Waals surface area (Å²) in [6.07, 6.45) is 4.40. The summed E-state index contributed by atoms with van der Waals surface area (Å²) in [6, 6.07) is 19.4. The van der Waals surface area contributed by atoms with Crippen molar-refractivity contribution in [1.82, 2.24) is 4.98 Å². The first-order valence-corrected chi connectivity index (χ1v) is 9.41. The molecule has 3 rings (SSSR count). The van der Waals surface area contributed by atoms with Crippen LogP contribution in [0.3, 0.4) is 0 Å². The Morgan fingerprint density at radius 3 is 2.45 bits per heavy atom. The molecule has 1 aromatic heterocycles. The van der Waals surface area contributed by atoms with E-state index in [1.165, 1.54) is 12.5 Å². The first-order valence-electron chi connectivity index (χ1n) is 9.41. The minimum atomic E-state index is -1.32. The van der Waals surface area contributed by atoms with Crippen LogP contribution in [0.2, 0.25) is 0 Å². The highest BCUT2D eigenvalue weighted by Gasteiger charge is 2.27. The van der Waals surface area contributed by atoms with Gasteiger partial charge in [-0.15, -0.1) is 0 Å². The van der Waals surface area contributed by atoms with Crippen LogP contribution in [0.25, 0.3) is 11.1 Å². The van der Waals surface area contributed by atoms with Crippen molar-refractivity contribution in [3.63, 3.8) is 0 Å². The third kappa shape index (κ3) is 5.63. The van der Waals surface area contributed by atoms with Gasteiger partial charge in [0, 0.05) is 24.5 Å². The summed E-state index contributed by atoms with van der Waals surface area (Å²) in [4.78, 5) is 16.1. The molecule has 4 N–H and O–H groups in total. The van der Waals surface area contributed by atoms with Crippen LogP contribution in [0, 0.1) is 0 Å². The molecule has 1 amide bonds. The number of pyridine rings is 1. The summed E-state index contributed by atoms with van der Waals surface area (Å²) in [7, 11) is 0. The van der Waals surface area contributed by atoms with E-state index in [2.05, 4.69) is 34.6 Å². The number of anilines is 1. The fourth-order valence-corrected chi connectivity index (χ4v) is 2.66. The van der Waals surface area contributed by atoms with E-state index in [-0.39, 0.29) is 0 Å². The minimum Gasteiger partial charge on any atom is -0.493 e. The van der Waals surface area contributed by atoms with Gasteiger partial charge in [0.25, 0.3) is 0 Å². The Hall–Kier alpha value is -3.22. The lowest BCUT2D eigenvalue weighted by Crippen LogP contribution is -2.51. The van der Waals surface area contributed by atoms with Gasteiger partial charge < -0.3 is 20.9 Å². The molecule has 29 heavy (non-hydrogen) atoms. The molecule has 0 saturated carbocycles. The molecule has 6 nitrogen and oxygen atoms in total. The molecule has 0 fully saturated rings. The van der Waals surface area contributed by atoms with Gasteiger partial charge in [-0.25, -0.2) is 0 Å². The third-order valence-electron chi connectivity index (χ3n) is 4.57. The van der Waals surface area contributed by atoms with Gasteiger partial charge in [-0.2, -0.15) is 0 Å². The number of aliphatic hydroxyl groups is 1. The maximum Gasteiger partial charge on any atom is 0.246 e. The summed E-state index contributed by atoms with van der Waals surface area (Å²) in [6.45, 7) is 1.59. The first kappa shape index (κ1) is 20.5. The van der Waals surface area contributed by atoms with E-state index in [4.69, 9.17) is 15.6 Å². The quantitative estimate of drug-likeness (QED) is 0.548. The topological polar surface area (TPSA) is 97.5 Å². The normalized spacial score (nSPS) is 12.8. The highest BCUT2D eigenvalue weighted by molar-refractivity contribution is 5.97. The van der Waals surface area contributed by atoms with Crippen molar-refractivity contribution < 1.29 is 14.6 Å². The van der Waals surface area contributed by atoms with Crippen molar-refractivity contribution in [1.29, 1.82) is 0 Å². The molecule has 150 valence electrons. The molecule has 0 radical (unpaired) electrons. The first-order chi connectivity index (χ1) is 14.0. The number of benzene rings is 2. The number of ether oxygens (including phenoxy) is 1. The number of amides is 1. The highest BCUT2D eigenvalue weighted by Crippen LogP contribution is 2.20. The molecule has 0 aliphatic heterocycles. The number of rotatable bonds is 8. The van der Waals surface area contributed by atoms with Gasteiger partial charge in [-0.1, -0.05) is 30.3 Å². The zero-order valence-corrected chi connectivity index (χ0v) is 16.3. The van der Waals surface area contributed by atoms with Crippen LogP contribution in [0.4, 0.5) is 5.69 Å². The molecule has 1 heterocycles. The lowest BCUT2D eigenvalue weighted by molar-refractivity contribution is -0.121. The maximum absolute atomic E-state index is 12.0. The second-order valence-electron chi connectivity index (χ2n) is 7.09. The van der Waals surface area contributed by atoms with E-state index in [1.807, 2.05) is 18.3 Å². The van der Waals surface area contributed by atoms with Gasteiger partial charge in [0.1, 0.15) is 11.3 Å². The van der Waals surface area contributed by atoms with Gasteiger partial charge in [0.2, 0.25) is 5.91 Å². The summed E-state index contributed by atoms with van der Waals surface area (Å²) >= 11 is 0. The number of aromatic nitrogens is 1. The predicted octanol–water partition coefficient (Wildman–Crippen LogP) is 3.02. The van der Waals surface area contributed by atoms with E-state index in [0.29, 0.717) is 18.0 Å². The Morgan fingerprint density at radius 1 is 1.10 bits per heavy atom. The number of hydrogen-bond acceptors (Lipinski definition) is 5. The number of hydrogen-bond donors (Lipinski definition) is 3. The van der Waals surface area contributed by atoms with Crippen LogP contribution >= 0.6 is 0 Å². The number of nitrogens with two attached hydrogens (primary N) is 1. The largest absolute Gasteiger partial charge is 0.493 e. The maximum atomic E-state index is 12.0. The van der Waals surface area contributed by atoms with Gasteiger partial charge in [0.15, 0.2) is 0 Å². The Balaban J connectivity index is 1.49. The Labute approximate surface area is 170 Å². The standard InChI is InChI=1S/C23H25N3O3/c1-23(24,16-27)22(28)26-20-8-10-21(11-9-20)29-14-12-17-4-6-18(7-5-17)19-3-2-13-25-15-19/h2-11,13,15,27H,12,14,16,24H2,1H3,(H,26,28). The van der Waals surface area contributed by atoms with E-state index in [9.17, 15) is 4.79 Å². The van der Waals surface area contributed by atoms with Crippen molar-refractivity contribution in [3.05, 3.63) is 78.6 Å². The predicted molar refractivity (Wildman–Crippen MR) is 114 cm³/mol. The molecule has 0 spiro atoms. The zero-order chi connectivity index (χ0) is 20.7. The van der Waals surface area contributed by atoms with Crippen molar-refractivity contribution in [3.8, 4) is 16.9 Å². The van der Waals surface area contributed by atoms with Crippen LogP contribution in [-0.2, 0) is 11.2 Å². The number of carbonyl (C=O) groups excluding carboxylic acids is 1. The smallest absolute Gasteiger partial charge is 0.246 e. The van der Waals surface area contributed by atoms with Crippen LogP contribution in [0.15, 0.2) is 73.1 Å². The average Bonchev–Trinajstić information content (AvgIpc) is 2.76. The highest BCUT2D eigenvalue weighted by atomic mass is 16.5. The molecule has 0 bridgehead atoms. The Morgan fingerprint density at radius 2 is 1.83 bits per heavy atom. The van der Waals surface area contributed by atoms with E-state index < -0.39 is 18.1 Å². The molecule has 2 aromatic carbocycles. The molecular weight excluding hydrogens is 366 g/mol. The molecule has 0 aliphatic rings. The van der Waals surface area contributed by atoms with Crippen molar-refractivity contribution in [2.75, 3.05) is 18.5 Å². The van der Waals surface area contributed by atoms with Crippen LogP contribution in [0.1, 0.15) is 12.5 Å². The summed E-state index contributed by atoms with van der Waals surface area (Å²) in [5, 5.41) is 11.8. The summed E-state index contributed by atoms with van der Waals surface area (Å²) in [5.74, 6) is 0.274. The molecule has 1 atom stereocenters. The second-order valence-corrected chi connectivity index (χ2v) is 7.09. The molecule has 0 aliphatic carbocycles. The van der Waals surface area contributed by atoms with Gasteiger partial charge in [-0.05, 0) is 53.9 Å². The Bertz CT molecular complexity index is 924. The van der Waals surface area contributed by atoms with Crippen LogP contribution < -0.4 is 15.8 Å². The van der Waals surface area contributed by atoms with Crippen molar-refractivity contribution in [2.24, 2.45) is 5.73 Å². The summed E-state index contributed by atoms with van der Waals surface area (Å²) in [5.41, 5.74) is 8.40. The lowest BCUT2D eigenvalue weighted by atomic mass is 10.0. The van der Waals surface area contributed by atoms with E-state index >= 15 is 0 Å². The second kappa shape index (κ2) is 9.32. The fourth-order valence-electron chi connectivity index (χ4n) is 2.66. The fraction of sp³-hybridized carbons (Fsp3) is 0.217. The van der Waals surface area contributed by atoms with Gasteiger partial charge in [-0.3, -0.25) is 9.78 Å². The molecule has 1 unspecified atom stereocenters. The van der Waals surface area contributed by atoms with Crippen molar-refractivity contribution >= 4 is 11.6 Å². The van der Waals surface area contributed by atoms with E-state index in [1.54, 1.807) is 30.5 Å². The molecule has 3 aromatic rings. The average molecular weight is 391 g/mol. The zero-order valence-electron chi connectivity index (χ0n) is 16.3. The lowest BCUT2D eigenvalue weighted by Gasteiger charge is -2.20. The van der Waals surface area contributed by atoms with Crippen molar-refractivity contribution in [2.45, 2.75) is 18.9 Å². The minimum absolute atomic E-state index is 0.427. The van der Waals surface area contributed by atoms with E-state index in [0.717, 1.165) is 17.5 Å². The number of carbonyl (C=O) groups is 1. The van der Waals surface area contributed by atoms with Crippen LogP contribution in [-0.4, -0.2) is 34.8 Å². The molecular formula is C23H25N3O3. The van der Waals surface area contributed by atoms with Gasteiger partial charge >= 0.3 is 0 Å². The Kier molecular flexibility index (Phi) is 6.59. The monoisotopic (exact) mass is 391 g/mol. The SMILES string of the molecule is CC(N)(CO)C(=O)Nc1ccc(OCCc2ccc(-c3cccnc3)cc2)cc1. The number of aliphatic hydroxyl groups excluding tert-OH is 1. The number of nitrogens with one attached hydrogen (secondary N) is 1.